The number of nitrogens with two attached hydrogens (primary N) is 1. The van der Waals surface area contributed by atoms with Crippen LogP contribution in [0.4, 0.5) is 0 Å². The van der Waals surface area contributed by atoms with E-state index >= 15 is 0 Å². The number of hydrogen-bond acceptors (Lipinski definition) is 3. The molecule has 0 aliphatic carbocycles. The van der Waals surface area contributed by atoms with Crippen molar-refractivity contribution >= 4 is 0 Å². The SMILES string of the molecule is Cc1cc(=O)[nH]c(CCN)n1. The molecule has 0 amide bonds. The van der Waals surface area contributed by atoms with Gasteiger partial charge >= 0.3 is 0 Å². The lowest BCUT2D eigenvalue weighted by atomic mass is 10.3. The molecule has 1 aromatic rings. The van der Waals surface area contributed by atoms with Crippen LogP contribution in [0.15, 0.2) is 10.9 Å². The number of H-pyrrole nitrogens is 1. The van der Waals surface area contributed by atoms with Crippen molar-refractivity contribution in [2.45, 2.75) is 13.3 Å². The summed E-state index contributed by atoms with van der Waals surface area (Å²) in [4.78, 5) is 17.5. The van der Waals surface area contributed by atoms with Crippen molar-refractivity contribution in [3.05, 3.63) is 27.9 Å². The molecule has 1 aromatic heterocycles. The van der Waals surface area contributed by atoms with E-state index in [-0.39, 0.29) is 5.56 Å². The van der Waals surface area contributed by atoms with E-state index in [0.717, 1.165) is 5.69 Å². The van der Waals surface area contributed by atoms with Crippen LogP contribution in [-0.2, 0) is 6.42 Å². The van der Waals surface area contributed by atoms with E-state index in [0.29, 0.717) is 18.8 Å². The third-order valence-corrected chi connectivity index (χ3v) is 1.30. The van der Waals surface area contributed by atoms with Gasteiger partial charge in [-0.05, 0) is 13.5 Å². The minimum Gasteiger partial charge on any atom is -0.330 e. The molecule has 3 N–H and O–H groups in total. The molecule has 0 aliphatic rings. The summed E-state index contributed by atoms with van der Waals surface area (Å²) in [5.41, 5.74) is 5.92. The molecule has 0 atom stereocenters. The Morgan fingerprint density at radius 1 is 1.73 bits per heavy atom. The summed E-state index contributed by atoms with van der Waals surface area (Å²) < 4.78 is 0. The van der Waals surface area contributed by atoms with Gasteiger partial charge in [-0.25, -0.2) is 4.98 Å². The lowest BCUT2D eigenvalue weighted by Gasteiger charge is -1.97. The van der Waals surface area contributed by atoms with E-state index in [4.69, 9.17) is 5.73 Å². The Labute approximate surface area is 64.5 Å². The van der Waals surface area contributed by atoms with E-state index in [1.165, 1.54) is 6.07 Å². The highest BCUT2D eigenvalue weighted by Crippen LogP contribution is 1.88. The van der Waals surface area contributed by atoms with Gasteiger partial charge in [-0.3, -0.25) is 4.79 Å². The molecule has 1 heterocycles. The molecule has 0 bridgehead atoms. The van der Waals surface area contributed by atoms with Gasteiger partial charge in [0.1, 0.15) is 5.82 Å². The molecule has 4 nitrogen and oxygen atoms in total. The first-order valence-corrected chi connectivity index (χ1v) is 3.49. The Morgan fingerprint density at radius 3 is 3.00 bits per heavy atom. The highest BCUT2D eigenvalue weighted by molar-refractivity contribution is 5.00. The third kappa shape index (κ3) is 2.16. The van der Waals surface area contributed by atoms with Crippen molar-refractivity contribution in [1.29, 1.82) is 0 Å². The standard InChI is InChI=1S/C7H11N3O/c1-5-4-7(11)10-6(9-5)2-3-8/h4H,2-3,8H2,1H3,(H,9,10,11). The second kappa shape index (κ2) is 3.30. The highest BCUT2D eigenvalue weighted by Gasteiger charge is 1.95. The smallest absolute Gasteiger partial charge is 0.251 e. The molecule has 0 fully saturated rings. The second-order valence-corrected chi connectivity index (χ2v) is 2.37. The van der Waals surface area contributed by atoms with E-state index in [9.17, 15) is 4.79 Å². The fourth-order valence-electron chi connectivity index (χ4n) is 0.896. The van der Waals surface area contributed by atoms with Crippen LogP contribution in [0.2, 0.25) is 0 Å². The molecule has 0 aromatic carbocycles. The zero-order valence-corrected chi connectivity index (χ0v) is 6.42. The van der Waals surface area contributed by atoms with Crippen LogP contribution in [-0.4, -0.2) is 16.5 Å². The monoisotopic (exact) mass is 153 g/mol. The van der Waals surface area contributed by atoms with Crippen LogP contribution in [0.25, 0.3) is 0 Å². The lowest BCUT2D eigenvalue weighted by Crippen LogP contribution is -2.14. The zero-order valence-electron chi connectivity index (χ0n) is 6.42. The van der Waals surface area contributed by atoms with Gasteiger partial charge in [0, 0.05) is 18.2 Å². The number of aromatic amines is 1. The summed E-state index contributed by atoms with van der Waals surface area (Å²) in [7, 11) is 0. The van der Waals surface area contributed by atoms with Gasteiger partial charge in [0.25, 0.3) is 5.56 Å². The van der Waals surface area contributed by atoms with Gasteiger partial charge in [-0.1, -0.05) is 0 Å². The Bertz CT molecular complexity index is 292. The Morgan fingerprint density at radius 2 is 2.45 bits per heavy atom. The largest absolute Gasteiger partial charge is 0.330 e. The second-order valence-electron chi connectivity index (χ2n) is 2.37. The van der Waals surface area contributed by atoms with E-state index < -0.39 is 0 Å². The zero-order chi connectivity index (χ0) is 8.27. The molecule has 4 heteroatoms. The molecule has 0 saturated carbocycles. The van der Waals surface area contributed by atoms with E-state index in [1.54, 1.807) is 6.92 Å². The van der Waals surface area contributed by atoms with Crippen LogP contribution in [0.1, 0.15) is 11.5 Å². The predicted octanol–water partition coefficient (Wildman–Crippen LogP) is -0.420. The summed E-state index contributed by atoms with van der Waals surface area (Å²) in [6, 6.07) is 1.46. The van der Waals surface area contributed by atoms with Crippen LogP contribution in [0.3, 0.4) is 0 Å². The number of aryl methyl sites for hydroxylation is 1. The van der Waals surface area contributed by atoms with Gasteiger partial charge in [0.15, 0.2) is 0 Å². The van der Waals surface area contributed by atoms with Crippen LogP contribution < -0.4 is 11.3 Å². The summed E-state index contributed by atoms with van der Waals surface area (Å²) in [6.45, 7) is 2.29. The molecule has 0 aliphatic heterocycles. The average Bonchev–Trinajstić information content (AvgIpc) is 1.85. The number of rotatable bonds is 2. The van der Waals surface area contributed by atoms with Gasteiger partial charge in [-0.2, -0.15) is 0 Å². The molecule has 60 valence electrons. The average molecular weight is 153 g/mol. The van der Waals surface area contributed by atoms with Gasteiger partial charge in [-0.15, -0.1) is 0 Å². The van der Waals surface area contributed by atoms with Gasteiger partial charge < -0.3 is 10.7 Å². The fourth-order valence-corrected chi connectivity index (χ4v) is 0.896. The maximum Gasteiger partial charge on any atom is 0.251 e. The molecular formula is C7H11N3O. The summed E-state index contributed by atoms with van der Waals surface area (Å²) in [5.74, 6) is 0.664. The third-order valence-electron chi connectivity index (χ3n) is 1.30. The Kier molecular flexibility index (Phi) is 2.38. The highest BCUT2D eigenvalue weighted by atomic mass is 16.1. The number of nitrogens with zero attached hydrogens (tertiary/aromatic N) is 1. The summed E-state index contributed by atoms with van der Waals surface area (Å²) in [6.07, 6.45) is 0.622. The molecular weight excluding hydrogens is 142 g/mol. The molecule has 0 spiro atoms. The van der Waals surface area contributed by atoms with Crippen molar-refractivity contribution in [3.63, 3.8) is 0 Å². The first-order chi connectivity index (χ1) is 5.22. The maximum absolute atomic E-state index is 10.8. The Balaban J connectivity index is 2.99. The van der Waals surface area contributed by atoms with E-state index in [2.05, 4.69) is 9.97 Å². The lowest BCUT2D eigenvalue weighted by molar-refractivity contribution is 0.844. The predicted molar refractivity (Wildman–Crippen MR) is 42.4 cm³/mol. The Hall–Kier alpha value is -1.16. The van der Waals surface area contributed by atoms with Gasteiger partial charge in [0.05, 0.1) is 0 Å². The number of nitrogens with one attached hydrogen (secondary N) is 1. The maximum atomic E-state index is 10.8. The summed E-state index contributed by atoms with van der Waals surface area (Å²) >= 11 is 0. The van der Waals surface area contributed by atoms with Crippen molar-refractivity contribution in [2.75, 3.05) is 6.54 Å². The molecule has 0 radical (unpaired) electrons. The van der Waals surface area contributed by atoms with Crippen molar-refractivity contribution in [1.82, 2.24) is 9.97 Å². The number of aromatic nitrogens is 2. The van der Waals surface area contributed by atoms with Crippen LogP contribution in [0, 0.1) is 6.92 Å². The van der Waals surface area contributed by atoms with Crippen LogP contribution in [0.5, 0.6) is 0 Å². The quantitative estimate of drug-likeness (QED) is 0.606. The van der Waals surface area contributed by atoms with Crippen LogP contribution >= 0.6 is 0 Å². The minimum absolute atomic E-state index is 0.110. The van der Waals surface area contributed by atoms with Crippen molar-refractivity contribution in [3.8, 4) is 0 Å². The molecule has 0 saturated heterocycles. The normalized spacial score (nSPS) is 10.0. The first kappa shape index (κ1) is 7.94. The summed E-state index contributed by atoms with van der Waals surface area (Å²) in [5, 5.41) is 0. The molecule has 0 unspecified atom stereocenters. The van der Waals surface area contributed by atoms with Gasteiger partial charge in [0.2, 0.25) is 0 Å². The molecule has 11 heavy (non-hydrogen) atoms. The minimum atomic E-state index is -0.110. The molecule has 1 rings (SSSR count). The number of hydrogen-bond donors (Lipinski definition) is 2. The van der Waals surface area contributed by atoms with Crippen molar-refractivity contribution in [2.24, 2.45) is 5.73 Å². The fraction of sp³-hybridized carbons (Fsp3) is 0.429. The first-order valence-electron chi connectivity index (χ1n) is 3.49. The topological polar surface area (TPSA) is 71.8 Å². The van der Waals surface area contributed by atoms with E-state index in [1.807, 2.05) is 0 Å². The van der Waals surface area contributed by atoms with Crippen molar-refractivity contribution < 1.29 is 0 Å².